The minimum Gasteiger partial charge on any atom is -0.361 e. The van der Waals surface area contributed by atoms with Crippen molar-refractivity contribution in [2.24, 2.45) is 5.73 Å². The largest absolute Gasteiger partial charge is 0.361 e. The zero-order valence-electron chi connectivity index (χ0n) is 25.1. The monoisotopic (exact) mass is 608 g/mol. The van der Waals surface area contributed by atoms with Crippen LogP contribution in [0, 0.1) is 0 Å². The van der Waals surface area contributed by atoms with E-state index in [9.17, 15) is 19.2 Å². The molecule has 1 aromatic heterocycles. The molecule has 10 nitrogen and oxygen atoms in total. The first kappa shape index (κ1) is 31.5. The topological polar surface area (TPSA) is 158 Å². The number of hydrogen-bond acceptors (Lipinski definition) is 5. The van der Waals surface area contributed by atoms with Gasteiger partial charge in [0.05, 0.1) is 6.04 Å². The molecule has 1 aliphatic rings. The van der Waals surface area contributed by atoms with Crippen molar-refractivity contribution < 1.29 is 19.2 Å². The summed E-state index contributed by atoms with van der Waals surface area (Å²) >= 11 is 0. The Kier molecular flexibility index (Phi) is 10.6. The van der Waals surface area contributed by atoms with Crippen molar-refractivity contribution in [1.82, 2.24) is 26.3 Å². The fourth-order valence-electron chi connectivity index (χ4n) is 5.65. The second-order valence-corrected chi connectivity index (χ2v) is 11.5. The van der Waals surface area contributed by atoms with E-state index in [4.69, 9.17) is 5.73 Å². The van der Waals surface area contributed by atoms with Crippen LogP contribution in [0.5, 0.6) is 0 Å². The molecule has 3 aromatic carbocycles. The molecular weight excluding hydrogens is 568 g/mol. The van der Waals surface area contributed by atoms with E-state index in [-0.39, 0.29) is 12.3 Å². The van der Waals surface area contributed by atoms with Crippen LogP contribution in [0.2, 0.25) is 0 Å². The van der Waals surface area contributed by atoms with Crippen LogP contribution < -0.4 is 27.0 Å². The van der Waals surface area contributed by atoms with Gasteiger partial charge in [0.15, 0.2) is 0 Å². The molecule has 4 atom stereocenters. The molecule has 0 spiro atoms. The molecule has 0 saturated carbocycles. The lowest BCUT2D eigenvalue weighted by Gasteiger charge is -2.25. The zero-order chi connectivity index (χ0) is 31.6. The number of aromatic amines is 1. The van der Waals surface area contributed by atoms with Gasteiger partial charge in [-0.1, -0.05) is 78.9 Å². The van der Waals surface area contributed by atoms with Crippen LogP contribution in [-0.4, -0.2) is 59.3 Å². The first-order valence-corrected chi connectivity index (χ1v) is 15.4. The quantitative estimate of drug-likeness (QED) is 0.181. The van der Waals surface area contributed by atoms with Gasteiger partial charge >= 0.3 is 0 Å². The molecule has 1 fully saturated rings. The van der Waals surface area contributed by atoms with Crippen LogP contribution in [0.3, 0.4) is 0 Å². The average Bonchev–Trinajstić information content (AvgIpc) is 3.46. The molecule has 1 saturated heterocycles. The Morgan fingerprint density at radius 3 is 2.18 bits per heavy atom. The standard InChI is InChI=1S/C35H40N6O4/c36-27(19-23-11-3-1-4-12-23)32(42)39-29-17-9-10-18-37-33(43)30(20-24-13-5-2-6-14-24)40-35(45)31(41-34(29)44)21-25-22-38-28-16-8-7-15-26(25)28/h1-8,11-16,22,27,29-31,38H,9-10,17-21,36H2,(H,37,43)(H,39,42)(H,40,45)(H,41,44). The van der Waals surface area contributed by atoms with E-state index in [0.717, 1.165) is 27.6 Å². The van der Waals surface area contributed by atoms with Gasteiger partial charge in [-0.05, 0) is 48.4 Å². The minimum absolute atomic E-state index is 0.176. The molecule has 45 heavy (non-hydrogen) atoms. The molecule has 4 aromatic rings. The predicted molar refractivity (Wildman–Crippen MR) is 173 cm³/mol. The maximum atomic E-state index is 13.9. The summed E-state index contributed by atoms with van der Waals surface area (Å²) in [5, 5.41) is 12.5. The van der Waals surface area contributed by atoms with Gasteiger partial charge in [-0.15, -0.1) is 0 Å². The third-order valence-corrected chi connectivity index (χ3v) is 8.13. The van der Waals surface area contributed by atoms with Crippen LogP contribution in [0.25, 0.3) is 10.9 Å². The van der Waals surface area contributed by atoms with Gasteiger partial charge in [0.25, 0.3) is 0 Å². The number of amides is 4. The van der Waals surface area contributed by atoms with Crippen molar-refractivity contribution in [2.45, 2.75) is 62.7 Å². The summed E-state index contributed by atoms with van der Waals surface area (Å²) in [5.41, 5.74) is 9.78. The van der Waals surface area contributed by atoms with E-state index in [1.807, 2.05) is 91.1 Å². The Bertz CT molecular complexity index is 1610. The lowest BCUT2D eigenvalue weighted by atomic mass is 10.0. The van der Waals surface area contributed by atoms with Gasteiger partial charge in [-0.25, -0.2) is 0 Å². The van der Waals surface area contributed by atoms with E-state index in [0.29, 0.717) is 38.6 Å². The molecule has 0 bridgehead atoms. The third-order valence-electron chi connectivity index (χ3n) is 8.13. The highest BCUT2D eigenvalue weighted by molar-refractivity contribution is 5.95. The van der Waals surface area contributed by atoms with Crippen LogP contribution in [0.4, 0.5) is 0 Å². The fraction of sp³-hybridized carbons (Fsp3) is 0.314. The van der Waals surface area contributed by atoms with Crippen LogP contribution in [-0.2, 0) is 38.4 Å². The number of para-hydroxylation sites is 1. The number of aromatic nitrogens is 1. The van der Waals surface area contributed by atoms with Gasteiger partial charge < -0.3 is 32.0 Å². The molecule has 4 unspecified atom stereocenters. The molecule has 5 rings (SSSR count). The maximum absolute atomic E-state index is 13.9. The SMILES string of the molecule is NC(Cc1ccccc1)C(=O)NC1CCCCNC(=O)C(Cc2ccccc2)NC(=O)C(Cc2c[nH]c3ccccc23)NC1=O. The van der Waals surface area contributed by atoms with Gasteiger partial charge in [-0.2, -0.15) is 0 Å². The molecule has 0 aliphatic carbocycles. The van der Waals surface area contributed by atoms with Crippen molar-refractivity contribution in [2.75, 3.05) is 6.54 Å². The Morgan fingerprint density at radius 1 is 0.778 bits per heavy atom. The van der Waals surface area contributed by atoms with Gasteiger partial charge in [-0.3, -0.25) is 19.2 Å². The summed E-state index contributed by atoms with van der Waals surface area (Å²) in [6, 6.07) is 23.0. The lowest BCUT2D eigenvalue weighted by molar-refractivity contribution is -0.133. The first-order valence-electron chi connectivity index (χ1n) is 15.4. The molecule has 1 aliphatic heterocycles. The molecule has 4 amide bonds. The van der Waals surface area contributed by atoms with E-state index in [1.165, 1.54) is 0 Å². The molecule has 234 valence electrons. The van der Waals surface area contributed by atoms with E-state index in [2.05, 4.69) is 26.3 Å². The maximum Gasteiger partial charge on any atom is 0.243 e. The number of rotatable bonds is 8. The van der Waals surface area contributed by atoms with Crippen molar-refractivity contribution >= 4 is 34.5 Å². The molecule has 0 radical (unpaired) electrons. The van der Waals surface area contributed by atoms with Crippen LogP contribution >= 0.6 is 0 Å². The van der Waals surface area contributed by atoms with Crippen LogP contribution in [0.1, 0.15) is 36.0 Å². The Labute approximate surface area is 262 Å². The summed E-state index contributed by atoms with van der Waals surface area (Å²) in [6.07, 6.45) is 4.08. The molecule has 2 heterocycles. The number of H-pyrrole nitrogens is 1. The minimum atomic E-state index is -1.01. The number of benzene rings is 3. The Balaban J connectivity index is 1.38. The normalized spacial score (nSPS) is 20.5. The lowest BCUT2D eigenvalue weighted by Crippen LogP contribution is -2.58. The predicted octanol–water partition coefficient (Wildman–Crippen LogP) is 2.28. The summed E-state index contributed by atoms with van der Waals surface area (Å²) in [7, 11) is 0. The summed E-state index contributed by atoms with van der Waals surface area (Å²) in [5.74, 6) is -1.71. The summed E-state index contributed by atoms with van der Waals surface area (Å²) in [4.78, 5) is 57.3. The van der Waals surface area contributed by atoms with Gasteiger partial charge in [0, 0.05) is 36.5 Å². The third kappa shape index (κ3) is 8.57. The number of carbonyl (C=O) groups is 4. The average molecular weight is 609 g/mol. The number of nitrogens with one attached hydrogen (secondary N) is 5. The molecule has 7 N–H and O–H groups in total. The molecule has 10 heteroatoms. The van der Waals surface area contributed by atoms with Crippen molar-refractivity contribution in [3.8, 4) is 0 Å². The Morgan fingerprint density at radius 2 is 1.42 bits per heavy atom. The highest BCUT2D eigenvalue weighted by Crippen LogP contribution is 2.20. The fourth-order valence-corrected chi connectivity index (χ4v) is 5.65. The molecular formula is C35H40N6O4. The second kappa shape index (κ2) is 15.2. The smallest absolute Gasteiger partial charge is 0.243 e. The summed E-state index contributed by atoms with van der Waals surface area (Å²) in [6.45, 7) is 0.370. The first-order chi connectivity index (χ1) is 21.9. The van der Waals surface area contributed by atoms with E-state index in [1.54, 1.807) is 0 Å². The van der Waals surface area contributed by atoms with E-state index >= 15 is 0 Å². The van der Waals surface area contributed by atoms with Gasteiger partial charge in [0.2, 0.25) is 23.6 Å². The van der Waals surface area contributed by atoms with E-state index < -0.39 is 41.9 Å². The number of carbonyl (C=O) groups excluding carboxylic acids is 4. The Hall–Kier alpha value is -4.96. The zero-order valence-corrected chi connectivity index (χ0v) is 25.1. The van der Waals surface area contributed by atoms with Crippen molar-refractivity contribution in [3.63, 3.8) is 0 Å². The van der Waals surface area contributed by atoms with Crippen molar-refractivity contribution in [1.29, 1.82) is 0 Å². The summed E-state index contributed by atoms with van der Waals surface area (Å²) < 4.78 is 0. The van der Waals surface area contributed by atoms with Crippen molar-refractivity contribution in [3.05, 3.63) is 108 Å². The number of hydrogen-bond donors (Lipinski definition) is 6. The highest BCUT2D eigenvalue weighted by atomic mass is 16.2. The highest BCUT2D eigenvalue weighted by Gasteiger charge is 2.31. The second-order valence-electron chi connectivity index (χ2n) is 11.5. The van der Waals surface area contributed by atoms with Gasteiger partial charge in [0.1, 0.15) is 18.1 Å². The number of fused-ring (bicyclic) bond motifs is 1. The van der Waals surface area contributed by atoms with Crippen LogP contribution in [0.15, 0.2) is 91.1 Å². The number of nitrogens with two attached hydrogens (primary N) is 1.